The van der Waals surface area contributed by atoms with Crippen molar-refractivity contribution in [3.05, 3.63) is 23.9 Å². The standard InChI is InChI=1S/C11H19N3O/c1-4-13-10(8(2)15-3)9-6-5-7-14-11(9)12/h5-8,10,13H,4H2,1-3H3,(H2,12,14). The van der Waals surface area contributed by atoms with E-state index in [0.717, 1.165) is 12.1 Å². The Labute approximate surface area is 90.8 Å². The van der Waals surface area contributed by atoms with Gasteiger partial charge in [-0.1, -0.05) is 13.0 Å². The highest BCUT2D eigenvalue weighted by Gasteiger charge is 2.20. The Morgan fingerprint density at radius 1 is 1.60 bits per heavy atom. The minimum absolute atomic E-state index is 0.0662. The molecule has 2 unspecified atom stereocenters. The van der Waals surface area contributed by atoms with E-state index in [9.17, 15) is 0 Å². The molecule has 2 atom stereocenters. The third kappa shape index (κ3) is 2.91. The summed E-state index contributed by atoms with van der Waals surface area (Å²) >= 11 is 0. The minimum atomic E-state index is 0.0662. The number of nitrogens with zero attached hydrogens (tertiary/aromatic N) is 1. The van der Waals surface area contributed by atoms with Crippen molar-refractivity contribution in [2.24, 2.45) is 0 Å². The molecule has 1 aromatic rings. The molecule has 0 amide bonds. The second-order valence-corrected chi connectivity index (χ2v) is 3.45. The van der Waals surface area contributed by atoms with Crippen LogP contribution in [0.5, 0.6) is 0 Å². The van der Waals surface area contributed by atoms with Crippen LogP contribution in [0.15, 0.2) is 18.3 Å². The number of pyridine rings is 1. The van der Waals surface area contributed by atoms with Gasteiger partial charge in [-0.15, -0.1) is 0 Å². The summed E-state index contributed by atoms with van der Waals surface area (Å²) in [5.74, 6) is 0.562. The number of rotatable bonds is 5. The van der Waals surface area contributed by atoms with E-state index in [4.69, 9.17) is 10.5 Å². The van der Waals surface area contributed by atoms with Gasteiger partial charge in [0.15, 0.2) is 0 Å². The lowest BCUT2D eigenvalue weighted by molar-refractivity contribution is 0.0837. The van der Waals surface area contributed by atoms with E-state index < -0.39 is 0 Å². The fourth-order valence-electron chi connectivity index (χ4n) is 1.58. The highest BCUT2D eigenvalue weighted by Crippen LogP contribution is 2.22. The van der Waals surface area contributed by atoms with Gasteiger partial charge in [-0.3, -0.25) is 0 Å². The molecule has 84 valence electrons. The van der Waals surface area contributed by atoms with Gasteiger partial charge in [0.05, 0.1) is 12.1 Å². The van der Waals surface area contributed by atoms with Crippen molar-refractivity contribution in [3.63, 3.8) is 0 Å². The first-order chi connectivity index (χ1) is 7.20. The summed E-state index contributed by atoms with van der Waals surface area (Å²) < 4.78 is 5.33. The molecule has 0 aromatic carbocycles. The Kier molecular flexibility index (Phi) is 4.52. The average molecular weight is 209 g/mol. The molecule has 0 fully saturated rings. The van der Waals surface area contributed by atoms with E-state index in [0.29, 0.717) is 5.82 Å². The maximum absolute atomic E-state index is 5.84. The molecule has 0 bridgehead atoms. The first-order valence-corrected chi connectivity index (χ1v) is 5.17. The van der Waals surface area contributed by atoms with Crippen LogP contribution in [0.4, 0.5) is 5.82 Å². The van der Waals surface area contributed by atoms with E-state index in [1.165, 1.54) is 0 Å². The lowest BCUT2D eigenvalue weighted by Crippen LogP contribution is -2.32. The summed E-state index contributed by atoms with van der Waals surface area (Å²) in [5.41, 5.74) is 6.83. The second kappa shape index (κ2) is 5.68. The first-order valence-electron chi connectivity index (χ1n) is 5.17. The monoisotopic (exact) mass is 209 g/mol. The molecule has 0 aliphatic carbocycles. The number of nitrogen functional groups attached to an aromatic ring is 1. The summed E-state index contributed by atoms with van der Waals surface area (Å²) in [4.78, 5) is 4.08. The van der Waals surface area contributed by atoms with Gasteiger partial charge < -0.3 is 15.8 Å². The van der Waals surface area contributed by atoms with Crippen LogP contribution >= 0.6 is 0 Å². The largest absolute Gasteiger partial charge is 0.383 e. The molecule has 0 aliphatic rings. The van der Waals surface area contributed by atoms with Gasteiger partial charge in [-0.25, -0.2) is 4.98 Å². The van der Waals surface area contributed by atoms with Crippen molar-refractivity contribution in [1.29, 1.82) is 0 Å². The fourth-order valence-corrected chi connectivity index (χ4v) is 1.58. The van der Waals surface area contributed by atoms with Gasteiger partial charge in [0, 0.05) is 18.9 Å². The lowest BCUT2D eigenvalue weighted by atomic mass is 10.0. The maximum Gasteiger partial charge on any atom is 0.128 e. The molecule has 15 heavy (non-hydrogen) atoms. The molecule has 3 N–H and O–H groups in total. The van der Waals surface area contributed by atoms with Crippen LogP contribution in [-0.4, -0.2) is 24.7 Å². The zero-order chi connectivity index (χ0) is 11.3. The second-order valence-electron chi connectivity index (χ2n) is 3.45. The normalized spacial score (nSPS) is 14.9. The molecule has 0 saturated carbocycles. The quantitative estimate of drug-likeness (QED) is 0.768. The first kappa shape index (κ1) is 11.9. The predicted molar refractivity (Wildman–Crippen MR) is 61.5 cm³/mol. The SMILES string of the molecule is CCNC(c1cccnc1N)C(C)OC. The molecule has 4 heteroatoms. The molecule has 0 spiro atoms. The minimum Gasteiger partial charge on any atom is -0.383 e. The molecule has 1 heterocycles. The van der Waals surface area contributed by atoms with E-state index in [2.05, 4.69) is 17.2 Å². The smallest absolute Gasteiger partial charge is 0.128 e. The number of hydrogen-bond acceptors (Lipinski definition) is 4. The number of methoxy groups -OCH3 is 1. The molecule has 1 rings (SSSR count). The zero-order valence-corrected chi connectivity index (χ0v) is 9.53. The Morgan fingerprint density at radius 3 is 2.87 bits per heavy atom. The van der Waals surface area contributed by atoms with Crippen LogP contribution in [0.3, 0.4) is 0 Å². The van der Waals surface area contributed by atoms with E-state index in [1.54, 1.807) is 13.3 Å². The van der Waals surface area contributed by atoms with Crippen molar-refractivity contribution < 1.29 is 4.74 Å². The van der Waals surface area contributed by atoms with E-state index >= 15 is 0 Å². The number of nitrogens with two attached hydrogens (primary N) is 1. The Bertz CT molecular complexity index is 304. The maximum atomic E-state index is 5.84. The van der Waals surface area contributed by atoms with Crippen LogP contribution in [0.1, 0.15) is 25.5 Å². The van der Waals surface area contributed by atoms with Crippen molar-refractivity contribution in [1.82, 2.24) is 10.3 Å². The van der Waals surface area contributed by atoms with Gasteiger partial charge >= 0.3 is 0 Å². The van der Waals surface area contributed by atoms with Crippen molar-refractivity contribution in [2.45, 2.75) is 26.0 Å². The van der Waals surface area contributed by atoms with Crippen LogP contribution in [-0.2, 0) is 4.74 Å². The topological polar surface area (TPSA) is 60.2 Å². The highest BCUT2D eigenvalue weighted by molar-refractivity contribution is 5.41. The average Bonchev–Trinajstić information content (AvgIpc) is 2.26. The van der Waals surface area contributed by atoms with Crippen molar-refractivity contribution in [2.75, 3.05) is 19.4 Å². The molecule has 0 aliphatic heterocycles. The molecule has 4 nitrogen and oxygen atoms in total. The summed E-state index contributed by atoms with van der Waals surface area (Å²) in [6, 6.07) is 3.96. The number of ether oxygens (including phenoxy) is 1. The molecular formula is C11H19N3O. The molecule has 0 saturated heterocycles. The third-order valence-corrected chi connectivity index (χ3v) is 2.47. The Morgan fingerprint density at radius 2 is 2.33 bits per heavy atom. The lowest BCUT2D eigenvalue weighted by Gasteiger charge is -2.24. The van der Waals surface area contributed by atoms with Gasteiger partial charge in [0.2, 0.25) is 0 Å². The van der Waals surface area contributed by atoms with Crippen molar-refractivity contribution in [3.8, 4) is 0 Å². The Hall–Kier alpha value is -1.13. The molecule has 1 aromatic heterocycles. The number of nitrogens with one attached hydrogen (secondary N) is 1. The van der Waals surface area contributed by atoms with Crippen LogP contribution in [0, 0.1) is 0 Å². The Balaban J connectivity index is 2.93. The number of anilines is 1. The molecular weight excluding hydrogens is 190 g/mol. The van der Waals surface area contributed by atoms with Gasteiger partial charge in [-0.05, 0) is 19.5 Å². The van der Waals surface area contributed by atoms with Crippen LogP contribution in [0.25, 0.3) is 0 Å². The van der Waals surface area contributed by atoms with Crippen molar-refractivity contribution >= 4 is 5.82 Å². The zero-order valence-electron chi connectivity index (χ0n) is 9.53. The van der Waals surface area contributed by atoms with E-state index in [1.807, 2.05) is 19.1 Å². The summed E-state index contributed by atoms with van der Waals surface area (Å²) in [6.45, 7) is 4.94. The summed E-state index contributed by atoms with van der Waals surface area (Å²) in [7, 11) is 1.70. The number of aromatic nitrogens is 1. The fraction of sp³-hybridized carbons (Fsp3) is 0.545. The van der Waals surface area contributed by atoms with Gasteiger partial charge in [0.1, 0.15) is 5.82 Å². The number of likely N-dealkylation sites (N-methyl/N-ethyl adjacent to an activating group) is 1. The summed E-state index contributed by atoms with van der Waals surface area (Å²) in [5, 5.41) is 3.35. The van der Waals surface area contributed by atoms with E-state index in [-0.39, 0.29) is 12.1 Å². The predicted octanol–water partition coefficient (Wildman–Crippen LogP) is 1.35. The summed E-state index contributed by atoms with van der Waals surface area (Å²) in [6.07, 6.45) is 1.76. The van der Waals surface area contributed by atoms with Gasteiger partial charge in [0.25, 0.3) is 0 Å². The van der Waals surface area contributed by atoms with Crippen LogP contribution in [0.2, 0.25) is 0 Å². The third-order valence-electron chi connectivity index (χ3n) is 2.47. The number of hydrogen-bond donors (Lipinski definition) is 2. The molecule has 0 radical (unpaired) electrons. The van der Waals surface area contributed by atoms with Crippen LogP contribution < -0.4 is 11.1 Å². The van der Waals surface area contributed by atoms with Gasteiger partial charge in [-0.2, -0.15) is 0 Å². The highest BCUT2D eigenvalue weighted by atomic mass is 16.5.